The summed E-state index contributed by atoms with van der Waals surface area (Å²) in [6, 6.07) is 4.92. The molecule has 0 aliphatic carbocycles. The standard InChI is InChI=1S/C19H26N6O3/c1-26-18-21-17(22-19(23-18)27-2)25-7-3-4-16(25)15-6-5-14(12-20-15)13-24-8-10-28-11-9-24/h5-6,12,16H,3-4,7-11,13H2,1-2H3/t16-/m1/s1. The first kappa shape index (κ1) is 18.8. The molecule has 0 bridgehead atoms. The van der Waals surface area contributed by atoms with Gasteiger partial charge in [0, 0.05) is 32.4 Å². The first-order valence-electron chi connectivity index (χ1n) is 9.62. The van der Waals surface area contributed by atoms with Crippen molar-refractivity contribution in [3.05, 3.63) is 29.6 Å². The second kappa shape index (κ2) is 8.66. The summed E-state index contributed by atoms with van der Waals surface area (Å²) in [7, 11) is 3.07. The molecule has 9 nitrogen and oxygen atoms in total. The van der Waals surface area contributed by atoms with Crippen molar-refractivity contribution in [1.82, 2.24) is 24.8 Å². The molecule has 28 heavy (non-hydrogen) atoms. The Hall–Kier alpha value is -2.52. The molecule has 4 heterocycles. The molecule has 2 aliphatic rings. The molecule has 2 aromatic rings. The maximum atomic E-state index is 5.41. The van der Waals surface area contributed by atoms with Gasteiger partial charge in [-0.15, -0.1) is 4.98 Å². The second-order valence-corrected chi connectivity index (χ2v) is 6.94. The number of nitrogens with zero attached hydrogens (tertiary/aromatic N) is 6. The van der Waals surface area contributed by atoms with E-state index in [4.69, 9.17) is 19.2 Å². The molecule has 2 fully saturated rings. The van der Waals surface area contributed by atoms with Crippen LogP contribution in [0.1, 0.15) is 30.1 Å². The molecule has 0 spiro atoms. The fourth-order valence-electron chi connectivity index (χ4n) is 3.70. The summed E-state index contributed by atoms with van der Waals surface area (Å²) >= 11 is 0. The summed E-state index contributed by atoms with van der Waals surface area (Å²) < 4.78 is 15.8. The maximum Gasteiger partial charge on any atom is 0.324 e. The van der Waals surface area contributed by atoms with Crippen LogP contribution in [0.3, 0.4) is 0 Å². The van der Waals surface area contributed by atoms with Crippen LogP contribution in [0.4, 0.5) is 5.95 Å². The molecule has 1 atom stereocenters. The molecule has 9 heteroatoms. The fourth-order valence-corrected chi connectivity index (χ4v) is 3.70. The zero-order valence-corrected chi connectivity index (χ0v) is 16.4. The average Bonchev–Trinajstić information content (AvgIpc) is 3.24. The van der Waals surface area contributed by atoms with Crippen molar-refractivity contribution in [3.63, 3.8) is 0 Å². The lowest BCUT2D eigenvalue weighted by atomic mass is 10.1. The zero-order valence-electron chi connectivity index (χ0n) is 16.4. The molecule has 0 aromatic carbocycles. The van der Waals surface area contributed by atoms with Crippen LogP contribution >= 0.6 is 0 Å². The maximum absolute atomic E-state index is 5.41. The van der Waals surface area contributed by atoms with E-state index in [2.05, 4.69) is 36.9 Å². The molecule has 2 saturated heterocycles. The molecule has 0 radical (unpaired) electrons. The Bertz CT molecular complexity index is 759. The van der Waals surface area contributed by atoms with Crippen LogP contribution in [-0.2, 0) is 11.3 Å². The highest BCUT2D eigenvalue weighted by Gasteiger charge is 2.30. The highest BCUT2D eigenvalue weighted by Crippen LogP contribution is 2.34. The van der Waals surface area contributed by atoms with Crippen LogP contribution in [0.15, 0.2) is 18.3 Å². The Balaban J connectivity index is 1.50. The van der Waals surface area contributed by atoms with Crippen LogP contribution in [0.2, 0.25) is 0 Å². The van der Waals surface area contributed by atoms with E-state index in [0.29, 0.717) is 5.95 Å². The van der Waals surface area contributed by atoms with Gasteiger partial charge in [-0.3, -0.25) is 9.88 Å². The van der Waals surface area contributed by atoms with Crippen molar-refractivity contribution in [3.8, 4) is 12.0 Å². The third kappa shape index (κ3) is 4.15. The van der Waals surface area contributed by atoms with Gasteiger partial charge in [0.25, 0.3) is 0 Å². The average molecular weight is 386 g/mol. The van der Waals surface area contributed by atoms with E-state index in [-0.39, 0.29) is 18.1 Å². The Morgan fingerprint density at radius 3 is 2.43 bits per heavy atom. The minimum absolute atomic E-state index is 0.134. The molecule has 0 N–H and O–H groups in total. The molecular weight excluding hydrogens is 360 g/mol. The van der Waals surface area contributed by atoms with Gasteiger partial charge in [-0.05, 0) is 24.5 Å². The summed E-state index contributed by atoms with van der Waals surface area (Å²) in [6.45, 7) is 5.33. The zero-order chi connectivity index (χ0) is 19.3. The van der Waals surface area contributed by atoms with Crippen LogP contribution in [0, 0.1) is 0 Å². The van der Waals surface area contributed by atoms with Crippen molar-refractivity contribution >= 4 is 5.95 Å². The predicted octanol–water partition coefficient (Wildman–Crippen LogP) is 1.46. The molecule has 150 valence electrons. The van der Waals surface area contributed by atoms with Crippen molar-refractivity contribution in [2.75, 3.05) is 52.0 Å². The summed E-state index contributed by atoms with van der Waals surface area (Å²) in [6.07, 6.45) is 4.04. The van der Waals surface area contributed by atoms with Crippen molar-refractivity contribution in [2.45, 2.75) is 25.4 Å². The smallest absolute Gasteiger partial charge is 0.324 e. The van der Waals surface area contributed by atoms with E-state index in [9.17, 15) is 0 Å². The molecular formula is C19H26N6O3. The van der Waals surface area contributed by atoms with Crippen LogP contribution < -0.4 is 14.4 Å². The van der Waals surface area contributed by atoms with Gasteiger partial charge in [0.05, 0.1) is 39.2 Å². The minimum atomic E-state index is 0.134. The minimum Gasteiger partial charge on any atom is -0.467 e. The van der Waals surface area contributed by atoms with Gasteiger partial charge in [0.2, 0.25) is 5.95 Å². The first-order valence-corrected chi connectivity index (χ1v) is 9.62. The van der Waals surface area contributed by atoms with Gasteiger partial charge < -0.3 is 19.1 Å². The number of rotatable bonds is 6. The quantitative estimate of drug-likeness (QED) is 0.732. The SMILES string of the molecule is COc1nc(OC)nc(N2CCC[C@@H]2c2ccc(CN3CCOCC3)cn2)n1. The van der Waals surface area contributed by atoms with Gasteiger partial charge in [-0.25, -0.2) is 0 Å². The summed E-state index contributed by atoms with van der Waals surface area (Å²) in [4.78, 5) is 22.2. The van der Waals surface area contributed by atoms with Gasteiger partial charge in [-0.2, -0.15) is 9.97 Å². The van der Waals surface area contributed by atoms with Crippen molar-refractivity contribution in [1.29, 1.82) is 0 Å². The molecule has 0 saturated carbocycles. The number of hydrogen-bond donors (Lipinski definition) is 0. The predicted molar refractivity (Wildman–Crippen MR) is 103 cm³/mol. The summed E-state index contributed by atoms with van der Waals surface area (Å²) in [5, 5.41) is 0. The third-order valence-electron chi connectivity index (χ3n) is 5.16. The first-order chi connectivity index (χ1) is 13.8. The highest BCUT2D eigenvalue weighted by molar-refractivity contribution is 5.38. The lowest BCUT2D eigenvalue weighted by Crippen LogP contribution is -2.35. The number of hydrogen-bond acceptors (Lipinski definition) is 9. The highest BCUT2D eigenvalue weighted by atomic mass is 16.5. The topological polar surface area (TPSA) is 85.7 Å². The normalized spacial score (nSPS) is 20.4. The van der Waals surface area contributed by atoms with Crippen molar-refractivity contribution in [2.24, 2.45) is 0 Å². The Kier molecular flexibility index (Phi) is 5.82. The number of methoxy groups -OCH3 is 2. The van der Waals surface area contributed by atoms with Crippen LogP contribution in [-0.4, -0.2) is 71.9 Å². The van der Waals surface area contributed by atoms with Gasteiger partial charge in [0.15, 0.2) is 0 Å². The van der Waals surface area contributed by atoms with Gasteiger partial charge >= 0.3 is 12.0 Å². The van der Waals surface area contributed by atoms with Crippen LogP contribution in [0.5, 0.6) is 12.0 Å². The fraction of sp³-hybridized carbons (Fsp3) is 0.579. The van der Waals surface area contributed by atoms with Gasteiger partial charge in [-0.1, -0.05) is 6.07 Å². The molecule has 4 rings (SSSR count). The molecule has 0 amide bonds. The Labute approximate surface area is 164 Å². The van der Waals surface area contributed by atoms with Gasteiger partial charge in [0.1, 0.15) is 0 Å². The number of anilines is 1. The van der Waals surface area contributed by atoms with Crippen molar-refractivity contribution < 1.29 is 14.2 Å². The van der Waals surface area contributed by atoms with E-state index >= 15 is 0 Å². The lowest BCUT2D eigenvalue weighted by Gasteiger charge is -2.27. The number of morpholine rings is 1. The second-order valence-electron chi connectivity index (χ2n) is 6.94. The number of aromatic nitrogens is 4. The number of pyridine rings is 1. The summed E-state index contributed by atoms with van der Waals surface area (Å²) in [5.74, 6) is 0.561. The van der Waals surface area contributed by atoms with E-state index in [1.54, 1.807) is 0 Å². The number of ether oxygens (including phenoxy) is 3. The molecule has 2 aliphatic heterocycles. The Morgan fingerprint density at radius 1 is 1.04 bits per heavy atom. The van der Waals surface area contributed by atoms with Crippen LogP contribution in [0.25, 0.3) is 0 Å². The lowest BCUT2D eigenvalue weighted by molar-refractivity contribution is 0.0341. The largest absolute Gasteiger partial charge is 0.467 e. The Morgan fingerprint density at radius 2 is 1.79 bits per heavy atom. The van der Waals surface area contributed by atoms with E-state index in [0.717, 1.165) is 57.9 Å². The van der Waals surface area contributed by atoms with E-state index in [1.165, 1.54) is 19.8 Å². The summed E-state index contributed by atoms with van der Waals surface area (Å²) in [5.41, 5.74) is 2.25. The van der Waals surface area contributed by atoms with E-state index in [1.807, 2.05) is 6.20 Å². The molecule has 0 unspecified atom stereocenters. The third-order valence-corrected chi connectivity index (χ3v) is 5.16. The van der Waals surface area contributed by atoms with E-state index < -0.39 is 0 Å². The molecule has 2 aromatic heterocycles. The monoisotopic (exact) mass is 386 g/mol.